The van der Waals surface area contributed by atoms with Gasteiger partial charge in [-0.1, -0.05) is 0 Å². The molecule has 0 saturated carbocycles. The van der Waals surface area contributed by atoms with Gasteiger partial charge in [0.2, 0.25) is 0 Å². The molecule has 0 aromatic carbocycles. The summed E-state index contributed by atoms with van der Waals surface area (Å²) in [5, 5.41) is 6.77. The number of halogens is 1. The molecule has 3 nitrogen and oxygen atoms in total. The van der Waals surface area contributed by atoms with Gasteiger partial charge in [0.25, 0.3) is 0 Å². The highest BCUT2D eigenvalue weighted by molar-refractivity contribution is 9.10. The Bertz CT molecular complexity index is 317. The lowest BCUT2D eigenvalue weighted by atomic mass is 10.3. The Kier molecular flexibility index (Phi) is 1.20. The molecule has 2 heterocycles. The van der Waals surface area contributed by atoms with Gasteiger partial charge in [-0.2, -0.15) is 5.10 Å². The minimum atomic E-state index is 0.777. The third-order valence-corrected chi connectivity index (χ3v) is 1.68. The standard InChI is InChI=1S/C6H4BrN3/c7-6-3-5-4(9-10-6)1-2-8-5/h1-3,9H. The molecule has 4 heteroatoms. The average Bonchev–Trinajstić information content (AvgIpc) is 2.33. The van der Waals surface area contributed by atoms with Gasteiger partial charge in [0.05, 0.1) is 11.4 Å². The van der Waals surface area contributed by atoms with Crippen molar-refractivity contribution in [2.75, 3.05) is 0 Å². The summed E-state index contributed by atoms with van der Waals surface area (Å²) in [6.07, 6.45) is 1.75. The van der Waals surface area contributed by atoms with Crippen LogP contribution in [0, 0.1) is 0 Å². The minimum Gasteiger partial charge on any atom is -0.275 e. The van der Waals surface area contributed by atoms with E-state index < -0.39 is 0 Å². The van der Waals surface area contributed by atoms with Gasteiger partial charge in [-0.05, 0) is 22.0 Å². The Balaban J connectivity index is 2.75. The van der Waals surface area contributed by atoms with Crippen LogP contribution in [0.15, 0.2) is 22.9 Å². The summed E-state index contributed by atoms with van der Waals surface area (Å²) in [5.74, 6) is 0. The summed E-state index contributed by atoms with van der Waals surface area (Å²) in [4.78, 5) is 4.08. The van der Waals surface area contributed by atoms with Crippen molar-refractivity contribution in [2.24, 2.45) is 0 Å². The van der Waals surface area contributed by atoms with Gasteiger partial charge in [0.15, 0.2) is 0 Å². The van der Waals surface area contributed by atoms with E-state index in [4.69, 9.17) is 0 Å². The Morgan fingerprint density at radius 2 is 2.40 bits per heavy atom. The smallest absolute Gasteiger partial charge is 0.128 e. The van der Waals surface area contributed by atoms with Gasteiger partial charge in [0.1, 0.15) is 4.60 Å². The van der Waals surface area contributed by atoms with Crippen LogP contribution in [-0.2, 0) is 0 Å². The molecule has 2 aliphatic rings. The lowest BCUT2D eigenvalue weighted by Crippen LogP contribution is -1.86. The Hall–Kier alpha value is -0.900. The van der Waals surface area contributed by atoms with Gasteiger partial charge < -0.3 is 0 Å². The summed E-state index contributed by atoms with van der Waals surface area (Å²) in [6, 6.07) is 3.75. The first-order chi connectivity index (χ1) is 4.86. The van der Waals surface area contributed by atoms with E-state index in [1.807, 2.05) is 12.1 Å². The molecule has 0 spiro atoms. The van der Waals surface area contributed by atoms with Crippen LogP contribution in [0.2, 0.25) is 0 Å². The normalized spacial score (nSPS) is 10.5. The second kappa shape index (κ2) is 2.05. The van der Waals surface area contributed by atoms with Gasteiger partial charge in [-0.15, -0.1) is 0 Å². The van der Waals surface area contributed by atoms with Crippen molar-refractivity contribution in [1.29, 1.82) is 0 Å². The third kappa shape index (κ3) is 0.806. The number of hydrogen-bond donors (Lipinski definition) is 1. The monoisotopic (exact) mass is 197 g/mol. The van der Waals surface area contributed by atoms with Crippen molar-refractivity contribution in [3.8, 4) is 11.4 Å². The Morgan fingerprint density at radius 1 is 1.50 bits per heavy atom. The molecule has 0 aliphatic carbocycles. The topological polar surface area (TPSA) is 41.6 Å². The number of fused-ring (bicyclic) bond motifs is 1. The van der Waals surface area contributed by atoms with E-state index in [0.29, 0.717) is 0 Å². The van der Waals surface area contributed by atoms with E-state index in [0.717, 1.165) is 16.0 Å². The SMILES string of the molecule is Brc1cc2nccc-2[nH]n1. The Labute approximate surface area is 66.0 Å². The maximum atomic E-state index is 4.08. The molecule has 0 unspecified atom stereocenters. The number of nitrogens with one attached hydrogen (secondary N) is 1. The van der Waals surface area contributed by atoms with Gasteiger partial charge in [-0.3, -0.25) is 10.1 Å². The molecule has 0 aromatic rings. The molecule has 1 N–H and O–H groups in total. The second-order valence-corrected chi connectivity index (χ2v) is 2.75. The van der Waals surface area contributed by atoms with E-state index in [-0.39, 0.29) is 0 Å². The highest BCUT2D eigenvalue weighted by Crippen LogP contribution is 2.18. The maximum absolute atomic E-state index is 4.08. The van der Waals surface area contributed by atoms with Crippen molar-refractivity contribution < 1.29 is 0 Å². The minimum absolute atomic E-state index is 0.777. The maximum Gasteiger partial charge on any atom is 0.128 e. The van der Waals surface area contributed by atoms with Crippen molar-refractivity contribution in [3.05, 3.63) is 22.9 Å². The number of aromatic amines is 1. The van der Waals surface area contributed by atoms with Crippen LogP contribution in [-0.4, -0.2) is 15.2 Å². The fraction of sp³-hybridized carbons (Fsp3) is 0. The van der Waals surface area contributed by atoms with Crippen molar-refractivity contribution >= 4 is 15.9 Å². The second-order valence-electron chi connectivity index (χ2n) is 1.93. The van der Waals surface area contributed by atoms with Crippen LogP contribution in [0.3, 0.4) is 0 Å². The molecule has 0 atom stereocenters. The molecule has 0 bridgehead atoms. The van der Waals surface area contributed by atoms with E-state index in [1.54, 1.807) is 6.20 Å². The zero-order valence-electron chi connectivity index (χ0n) is 5.00. The predicted molar refractivity (Wildman–Crippen MR) is 40.7 cm³/mol. The lowest BCUT2D eigenvalue weighted by Gasteiger charge is -1.94. The van der Waals surface area contributed by atoms with Crippen LogP contribution in [0.4, 0.5) is 0 Å². The van der Waals surface area contributed by atoms with Gasteiger partial charge in [0, 0.05) is 12.3 Å². The number of rotatable bonds is 0. The fourth-order valence-electron chi connectivity index (χ4n) is 0.815. The van der Waals surface area contributed by atoms with Crippen molar-refractivity contribution in [3.63, 3.8) is 0 Å². The van der Waals surface area contributed by atoms with Crippen LogP contribution < -0.4 is 0 Å². The van der Waals surface area contributed by atoms with E-state index >= 15 is 0 Å². The molecule has 0 fully saturated rings. The highest BCUT2D eigenvalue weighted by Gasteiger charge is 2.02. The quantitative estimate of drug-likeness (QED) is 0.699. The number of hydrogen-bond acceptors (Lipinski definition) is 2. The number of aromatic nitrogens is 3. The highest BCUT2D eigenvalue weighted by atomic mass is 79.9. The summed E-state index contributed by atoms with van der Waals surface area (Å²) in [5.41, 5.74) is 1.89. The van der Waals surface area contributed by atoms with E-state index in [1.165, 1.54) is 0 Å². The van der Waals surface area contributed by atoms with Crippen molar-refractivity contribution in [1.82, 2.24) is 15.2 Å². The predicted octanol–water partition coefficient (Wildman–Crippen LogP) is 1.67. The van der Waals surface area contributed by atoms with Crippen LogP contribution in [0.25, 0.3) is 11.4 Å². The number of H-pyrrole nitrogens is 1. The molecule has 0 amide bonds. The largest absolute Gasteiger partial charge is 0.275 e. The first-order valence-corrected chi connectivity index (χ1v) is 3.61. The van der Waals surface area contributed by atoms with Crippen LogP contribution >= 0.6 is 15.9 Å². The number of nitrogens with zero attached hydrogens (tertiary/aromatic N) is 2. The fourth-order valence-corrected chi connectivity index (χ4v) is 1.12. The van der Waals surface area contributed by atoms with E-state index in [2.05, 4.69) is 31.1 Å². The van der Waals surface area contributed by atoms with Gasteiger partial charge in [-0.25, -0.2) is 0 Å². The van der Waals surface area contributed by atoms with E-state index in [9.17, 15) is 0 Å². The molecule has 10 heavy (non-hydrogen) atoms. The summed E-state index contributed by atoms with van der Waals surface area (Å²) < 4.78 is 0.777. The lowest BCUT2D eigenvalue weighted by molar-refractivity contribution is 1.01. The molecule has 50 valence electrons. The van der Waals surface area contributed by atoms with Crippen molar-refractivity contribution in [2.45, 2.75) is 0 Å². The first kappa shape index (κ1) is 5.85. The molecular formula is C6H4BrN3. The average molecular weight is 198 g/mol. The Morgan fingerprint density at radius 3 is 3.30 bits per heavy atom. The third-order valence-electron chi connectivity index (χ3n) is 1.27. The van der Waals surface area contributed by atoms with Crippen LogP contribution in [0.1, 0.15) is 0 Å². The van der Waals surface area contributed by atoms with Gasteiger partial charge >= 0.3 is 0 Å². The molecule has 2 rings (SSSR count). The zero-order chi connectivity index (χ0) is 6.97. The summed E-state index contributed by atoms with van der Waals surface area (Å²) in [6.45, 7) is 0. The molecule has 0 saturated heterocycles. The molecule has 0 radical (unpaired) electrons. The summed E-state index contributed by atoms with van der Waals surface area (Å²) >= 11 is 3.23. The summed E-state index contributed by atoms with van der Waals surface area (Å²) in [7, 11) is 0. The first-order valence-electron chi connectivity index (χ1n) is 2.82. The zero-order valence-corrected chi connectivity index (χ0v) is 6.59. The molecular weight excluding hydrogens is 194 g/mol. The van der Waals surface area contributed by atoms with Crippen LogP contribution in [0.5, 0.6) is 0 Å². The molecule has 2 aliphatic heterocycles. The molecule has 0 aromatic heterocycles.